The van der Waals surface area contributed by atoms with E-state index in [0.717, 1.165) is 20.1 Å². The van der Waals surface area contributed by atoms with E-state index in [1.807, 2.05) is 12.1 Å². The van der Waals surface area contributed by atoms with Gasteiger partial charge in [-0.1, -0.05) is 42.5 Å². The molecule has 0 radical (unpaired) electrons. The van der Waals surface area contributed by atoms with E-state index in [2.05, 4.69) is 51.2 Å². The van der Waals surface area contributed by atoms with Gasteiger partial charge in [-0.15, -0.1) is 11.3 Å². The lowest BCUT2D eigenvalue weighted by atomic mass is 10.1. The Hall–Kier alpha value is -1.23. The Labute approximate surface area is 123 Å². The molecular formula is C15H12BrNOS. The second-order valence-electron chi connectivity index (χ2n) is 4.23. The molecule has 0 spiro atoms. The first-order valence-electron chi connectivity index (χ1n) is 6.04. The molecule has 0 bridgehead atoms. The third-order valence-electron chi connectivity index (χ3n) is 3.01. The predicted molar refractivity (Wildman–Crippen MR) is 83.5 cm³/mol. The van der Waals surface area contributed by atoms with Crippen molar-refractivity contribution >= 4 is 38.0 Å². The number of aliphatic hydroxyl groups is 1. The van der Waals surface area contributed by atoms with Gasteiger partial charge in [0.05, 0.1) is 0 Å². The van der Waals surface area contributed by atoms with Crippen LogP contribution in [0, 0.1) is 0 Å². The Morgan fingerprint density at radius 1 is 1.11 bits per heavy atom. The molecule has 0 unspecified atom stereocenters. The number of fused-ring (bicyclic) bond motifs is 1. The Morgan fingerprint density at radius 2 is 1.89 bits per heavy atom. The maximum Gasteiger partial charge on any atom is 0.125 e. The first-order valence-corrected chi connectivity index (χ1v) is 7.65. The van der Waals surface area contributed by atoms with Gasteiger partial charge in [0.2, 0.25) is 0 Å². The van der Waals surface area contributed by atoms with Crippen molar-refractivity contribution in [3.05, 3.63) is 51.9 Å². The van der Waals surface area contributed by atoms with Gasteiger partial charge in [-0.25, -0.2) is 4.98 Å². The minimum Gasteiger partial charge on any atom is -0.396 e. The van der Waals surface area contributed by atoms with E-state index in [0.29, 0.717) is 6.42 Å². The summed E-state index contributed by atoms with van der Waals surface area (Å²) in [6.07, 6.45) is 0.642. The van der Waals surface area contributed by atoms with Crippen LogP contribution in [0.5, 0.6) is 0 Å². The largest absolute Gasteiger partial charge is 0.396 e. The number of aliphatic hydroxyl groups excluding tert-OH is 1. The van der Waals surface area contributed by atoms with Gasteiger partial charge in [-0.3, -0.25) is 0 Å². The minimum atomic E-state index is 0.149. The van der Waals surface area contributed by atoms with Crippen LogP contribution in [0.25, 0.3) is 21.3 Å². The highest BCUT2D eigenvalue weighted by Crippen LogP contribution is 2.35. The number of hydrogen-bond donors (Lipinski definition) is 1. The van der Waals surface area contributed by atoms with Crippen LogP contribution in [-0.4, -0.2) is 16.7 Å². The zero-order valence-corrected chi connectivity index (χ0v) is 12.5. The summed E-state index contributed by atoms with van der Waals surface area (Å²) in [6.45, 7) is 0.149. The standard InChI is InChI=1S/C15H12BrNOS/c16-14-13(8-9-18)19-15(17-14)12-7-3-5-10-4-1-2-6-11(10)12/h1-7,18H,8-9H2. The van der Waals surface area contributed by atoms with E-state index < -0.39 is 0 Å². The predicted octanol–water partition coefficient (Wildman–Crippen LogP) is 4.26. The molecule has 3 aromatic rings. The molecular weight excluding hydrogens is 322 g/mol. The lowest BCUT2D eigenvalue weighted by molar-refractivity contribution is 0.300. The Bertz CT molecular complexity index is 718. The third kappa shape index (κ3) is 2.43. The van der Waals surface area contributed by atoms with Gasteiger partial charge >= 0.3 is 0 Å². The molecule has 0 aliphatic heterocycles. The quantitative estimate of drug-likeness (QED) is 0.776. The fraction of sp³-hybridized carbons (Fsp3) is 0.133. The van der Waals surface area contributed by atoms with Crippen LogP contribution in [-0.2, 0) is 6.42 Å². The second-order valence-corrected chi connectivity index (χ2v) is 6.07. The topological polar surface area (TPSA) is 33.1 Å². The van der Waals surface area contributed by atoms with Crippen molar-refractivity contribution in [2.45, 2.75) is 6.42 Å². The molecule has 2 nitrogen and oxygen atoms in total. The summed E-state index contributed by atoms with van der Waals surface area (Å²) in [7, 11) is 0. The summed E-state index contributed by atoms with van der Waals surface area (Å²) in [6, 6.07) is 14.6. The molecule has 0 saturated heterocycles. The van der Waals surface area contributed by atoms with E-state index in [9.17, 15) is 0 Å². The molecule has 0 fully saturated rings. The summed E-state index contributed by atoms with van der Waals surface area (Å²) in [5.74, 6) is 0. The van der Waals surface area contributed by atoms with Gasteiger partial charge in [-0.2, -0.15) is 0 Å². The lowest BCUT2D eigenvalue weighted by Crippen LogP contribution is -1.86. The van der Waals surface area contributed by atoms with E-state index in [-0.39, 0.29) is 6.61 Å². The molecule has 19 heavy (non-hydrogen) atoms. The number of halogens is 1. The summed E-state index contributed by atoms with van der Waals surface area (Å²) in [5.41, 5.74) is 1.15. The first kappa shape index (κ1) is 12.8. The van der Waals surface area contributed by atoms with Crippen LogP contribution in [0.2, 0.25) is 0 Å². The number of thiazole rings is 1. The lowest BCUT2D eigenvalue weighted by Gasteiger charge is -2.02. The molecule has 1 N–H and O–H groups in total. The molecule has 1 heterocycles. The number of benzene rings is 2. The highest BCUT2D eigenvalue weighted by atomic mass is 79.9. The fourth-order valence-electron chi connectivity index (χ4n) is 2.12. The van der Waals surface area contributed by atoms with E-state index in [1.165, 1.54) is 10.8 Å². The molecule has 0 atom stereocenters. The normalized spacial score (nSPS) is 11.1. The maximum absolute atomic E-state index is 9.05. The van der Waals surface area contributed by atoms with Crippen LogP contribution in [0.15, 0.2) is 47.1 Å². The van der Waals surface area contributed by atoms with Crippen molar-refractivity contribution in [1.82, 2.24) is 4.98 Å². The molecule has 1 aromatic heterocycles. The van der Waals surface area contributed by atoms with Crippen LogP contribution in [0.1, 0.15) is 4.88 Å². The van der Waals surface area contributed by atoms with Crippen molar-refractivity contribution < 1.29 is 5.11 Å². The van der Waals surface area contributed by atoms with Crippen molar-refractivity contribution in [2.24, 2.45) is 0 Å². The maximum atomic E-state index is 9.05. The van der Waals surface area contributed by atoms with Gasteiger partial charge in [0.25, 0.3) is 0 Å². The zero-order chi connectivity index (χ0) is 13.2. The van der Waals surface area contributed by atoms with E-state index in [4.69, 9.17) is 5.11 Å². The summed E-state index contributed by atoms with van der Waals surface area (Å²) >= 11 is 5.10. The second kappa shape index (κ2) is 5.41. The molecule has 0 aliphatic carbocycles. The molecule has 0 saturated carbocycles. The smallest absolute Gasteiger partial charge is 0.125 e. The van der Waals surface area contributed by atoms with Gasteiger partial charge in [-0.05, 0) is 26.7 Å². The van der Waals surface area contributed by atoms with Crippen molar-refractivity contribution in [3.8, 4) is 10.6 Å². The highest BCUT2D eigenvalue weighted by molar-refractivity contribution is 9.10. The van der Waals surface area contributed by atoms with Crippen LogP contribution in [0.4, 0.5) is 0 Å². The van der Waals surface area contributed by atoms with Crippen molar-refractivity contribution in [1.29, 1.82) is 0 Å². The molecule has 3 rings (SSSR count). The Balaban J connectivity index is 2.16. The molecule has 2 aromatic carbocycles. The van der Waals surface area contributed by atoms with Gasteiger partial charge in [0.15, 0.2) is 0 Å². The summed E-state index contributed by atoms with van der Waals surface area (Å²) in [4.78, 5) is 5.66. The monoisotopic (exact) mass is 333 g/mol. The van der Waals surface area contributed by atoms with Gasteiger partial charge in [0.1, 0.15) is 9.61 Å². The fourth-order valence-corrected chi connectivity index (χ4v) is 3.83. The van der Waals surface area contributed by atoms with Crippen LogP contribution < -0.4 is 0 Å². The van der Waals surface area contributed by atoms with E-state index >= 15 is 0 Å². The van der Waals surface area contributed by atoms with Crippen LogP contribution >= 0.6 is 27.3 Å². The van der Waals surface area contributed by atoms with Crippen molar-refractivity contribution in [2.75, 3.05) is 6.61 Å². The molecule has 96 valence electrons. The first-order chi connectivity index (χ1) is 9.29. The summed E-state index contributed by atoms with van der Waals surface area (Å²) in [5, 5.41) is 12.5. The third-order valence-corrected chi connectivity index (χ3v) is 5.08. The van der Waals surface area contributed by atoms with Gasteiger partial charge < -0.3 is 5.11 Å². The van der Waals surface area contributed by atoms with E-state index in [1.54, 1.807) is 11.3 Å². The summed E-state index contributed by atoms with van der Waals surface area (Å²) < 4.78 is 0.842. The Morgan fingerprint density at radius 3 is 2.74 bits per heavy atom. The highest BCUT2D eigenvalue weighted by Gasteiger charge is 2.12. The minimum absolute atomic E-state index is 0.149. The molecule has 4 heteroatoms. The molecule has 0 aliphatic rings. The van der Waals surface area contributed by atoms with Crippen molar-refractivity contribution in [3.63, 3.8) is 0 Å². The van der Waals surface area contributed by atoms with Gasteiger partial charge in [0, 0.05) is 23.5 Å². The average molecular weight is 334 g/mol. The van der Waals surface area contributed by atoms with Crippen LogP contribution in [0.3, 0.4) is 0 Å². The number of hydrogen-bond acceptors (Lipinski definition) is 3. The SMILES string of the molecule is OCCc1sc(-c2cccc3ccccc23)nc1Br. The number of aromatic nitrogens is 1. The zero-order valence-electron chi connectivity index (χ0n) is 10.1. The average Bonchev–Trinajstić information content (AvgIpc) is 2.80. The molecule has 0 amide bonds. The number of nitrogens with zero attached hydrogens (tertiary/aromatic N) is 1. The number of rotatable bonds is 3. The Kier molecular flexibility index (Phi) is 3.64.